The Morgan fingerprint density at radius 3 is 2.72 bits per heavy atom. The van der Waals surface area contributed by atoms with Gasteiger partial charge < -0.3 is 10.1 Å². The van der Waals surface area contributed by atoms with Crippen molar-refractivity contribution in [2.75, 3.05) is 33.3 Å². The first-order chi connectivity index (χ1) is 8.74. The van der Waals surface area contributed by atoms with Crippen LogP contribution in [-0.4, -0.2) is 43.2 Å². The fraction of sp³-hybridized carbons (Fsp3) is 0.643. The van der Waals surface area contributed by atoms with Crippen LogP contribution < -0.4 is 10.1 Å². The van der Waals surface area contributed by atoms with E-state index in [1.807, 2.05) is 13.0 Å². The van der Waals surface area contributed by atoms with Gasteiger partial charge in [-0.3, -0.25) is 9.88 Å². The fourth-order valence-corrected chi connectivity index (χ4v) is 3.21. The SMILES string of the molecule is COc1cc(C)nc(CN2CC3CNCC3C2)c1. The first-order valence-corrected chi connectivity index (χ1v) is 6.69. The molecule has 3 rings (SSSR count). The smallest absolute Gasteiger partial charge is 0.122 e. The molecule has 0 radical (unpaired) electrons. The minimum absolute atomic E-state index is 0.844. The zero-order valence-electron chi connectivity index (χ0n) is 11.1. The molecule has 0 amide bonds. The topological polar surface area (TPSA) is 37.4 Å². The molecule has 98 valence electrons. The molecule has 4 heteroatoms. The van der Waals surface area contributed by atoms with Gasteiger partial charge in [-0.15, -0.1) is 0 Å². The molecule has 2 fully saturated rings. The zero-order valence-corrected chi connectivity index (χ0v) is 11.1. The van der Waals surface area contributed by atoms with Crippen LogP contribution in [0.5, 0.6) is 5.75 Å². The number of fused-ring (bicyclic) bond motifs is 1. The van der Waals surface area contributed by atoms with Crippen LogP contribution in [0.15, 0.2) is 12.1 Å². The quantitative estimate of drug-likeness (QED) is 0.866. The first kappa shape index (κ1) is 11.9. The first-order valence-electron chi connectivity index (χ1n) is 6.69. The highest BCUT2D eigenvalue weighted by molar-refractivity contribution is 5.26. The Hall–Kier alpha value is -1.13. The number of hydrogen-bond donors (Lipinski definition) is 1. The van der Waals surface area contributed by atoms with Crippen molar-refractivity contribution in [1.29, 1.82) is 0 Å². The number of ether oxygens (including phenoxy) is 1. The maximum absolute atomic E-state index is 5.31. The van der Waals surface area contributed by atoms with Gasteiger partial charge in [-0.25, -0.2) is 0 Å². The van der Waals surface area contributed by atoms with Crippen molar-refractivity contribution in [3.63, 3.8) is 0 Å². The van der Waals surface area contributed by atoms with Crippen molar-refractivity contribution >= 4 is 0 Å². The Morgan fingerprint density at radius 2 is 2.06 bits per heavy atom. The molecular weight excluding hydrogens is 226 g/mol. The minimum Gasteiger partial charge on any atom is -0.497 e. The van der Waals surface area contributed by atoms with E-state index in [1.165, 1.54) is 26.2 Å². The Kier molecular flexibility index (Phi) is 3.22. The van der Waals surface area contributed by atoms with E-state index in [1.54, 1.807) is 7.11 Å². The predicted molar refractivity (Wildman–Crippen MR) is 70.7 cm³/mol. The summed E-state index contributed by atoms with van der Waals surface area (Å²) in [7, 11) is 1.71. The summed E-state index contributed by atoms with van der Waals surface area (Å²) in [6, 6.07) is 4.03. The number of aryl methyl sites for hydroxylation is 1. The number of pyridine rings is 1. The number of aromatic nitrogens is 1. The van der Waals surface area contributed by atoms with Gasteiger partial charge in [0.15, 0.2) is 0 Å². The Labute approximate surface area is 108 Å². The van der Waals surface area contributed by atoms with Crippen LogP contribution in [0.1, 0.15) is 11.4 Å². The second-order valence-electron chi connectivity index (χ2n) is 5.51. The molecule has 0 bridgehead atoms. The average Bonchev–Trinajstić information content (AvgIpc) is 2.88. The summed E-state index contributed by atoms with van der Waals surface area (Å²) in [5.41, 5.74) is 2.16. The van der Waals surface area contributed by atoms with Gasteiger partial charge in [0.1, 0.15) is 5.75 Å². The highest BCUT2D eigenvalue weighted by Gasteiger charge is 2.35. The lowest BCUT2D eigenvalue weighted by Crippen LogP contribution is -2.25. The van der Waals surface area contributed by atoms with Crippen LogP contribution in [-0.2, 0) is 6.54 Å². The summed E-state index contributed by atoms with van der Waals surface area (Å²) in [6.07, 6.45) is 0. The highest BCUT2D eigenvalue weighted by Crippen LogP contribution is 2.27. The van der Waals surface area contributed by atoms with Gasteiger partial charge in [0.2, 0.25) is 0 Å². The summed E-state index contributed by atoms with van der Waals surface area (Å²) < 4.78 is 5.31. The Bertz CT molecular complexity index is 423. The molecule has 0 spiro atoms. The molecular formula is C14H21N3O. The summed E-state index contributed by atoms with van der Waals surface area (Å²) >= 11 is 0. The maximum Gasteiger partial charge on any atom is 0.122 e. The molecule has 1 N–H and O–H groups in total. The molecule has 2 saturated heterocycles. The van der Waals surface area contributed by atoms with Crippen LogP contribution in [0.25, 0.3) is 0 Å². The second-order valence-corrected chi connectivity index (χ2v) is 5.51. The molecule has 0 saturated carbocycles. The molecule has 2 aliphatic rings. The summed E-state index contributed by atoms with van der Waals surface area (Å²) in [4.78, 5) is 7.13. The third-order valence-electron chi connectivity index (χ3n) is 4.07. The van der Waals surface area contributed by atoms with Gasteiger partial charge in [-0.2, -0.15) is 0 Å². The number of nitrogens with one attached hydrogen (secondary N) is 1. The molecule has 0 aromatic carbocycles. The molecule has 4 nitrogen and oxygen atoms in total. The van der Waals surface area contributed by atoms with Gasteiger partial charge in [-0.1, -0.05) is 0 Å². The van der Waals surface area contributed by atoms with E-state index >= 15 is 0 Å². The van der Waals surface area contributed by atoms with Gasteiger partial charge in [-0.05, 0) is 31.8 Å². The Balaban J connectivity index is 1.68. The van der Waals surface area contributed by atoms with Crippen LogP contribution >= 0.6 is 0 Å². The highest BCUT2D eigenvalue weighted by atomic mass is 16.5. The number of hydrogen-bond acceptors (Lipinski definition) is 4. The van der Waals surface area contributed by atoms with Crippen LogP contribution in [0.2, 0.25) is 0 Å². The van der Waals surface area contributed by atoms with E-state index in [2.05, 4.69) is 21.3 Å². The summed E-state index contributed by atoms with van der Waals surface area (Å²) in [6.45, 7) is 7.75. The molecule has 3 heterocycles. The monoisotopic (exact) mass is 247 g/mol. The van der Waals surface area contributed by atoms with Crippen molar-refractivity contribution in [3.05, 3.63) is 23.5 Å². The lowest BCUT2D eigenvalue weighted by Gasteiger charge is -2.17. The number of likely N-dealkylation sites (tertiary alicyclic amines) is 1. The van der Waals surface area contributed by atoms with Gasteiger partial charge in [0.25, 0.3) is 0 Å². The number of rotatable bonds is 3. The average molecular weight is 247 g/mol. The summed E-state index contributed by atoms with van der Waals surface area (Å²) in [5, 5.41) is 3.47. The molecule has 2 atom stereocenters. The van der Waals surface area contributed by atoms with Gasteiger partial charge >= 0.3 is 0 Å². The molecule has 1 aromatic rings. The standard InChI is InChI=1S/C14H21N3O/c1-10-3-14(18-2)4-13(16-10)9-17-7-11-5-15-6-12(11)8-17/h3-4,11-12,15H,5-9H2,1-2H3. The second kappa shape index (κ2) is 4.86. The van der Waals surface area contributed by atoms with Gasteiger partial charge in [0, 0.05) is 37.5 Å². The lowest BCUT2D eigenvalue weighted by atomic mass is 10.0. The normalized spacial score (nSPS) is 27.4. The third-order valence-corrected chi connectivity index (χ3v) is 4.07. The van der Waals surface area contributed by atoms with E-state index in [9.17, 15) is 0 Å². The van der Waals surface area contributed by atoms with Crippen molar-refractivity contribution in [1.82, 2.24) is 15.2 Å². The third kappa shape index (κ3) is 2.35. The number of nitrogens with zero attached hydrogens (tertiary/aromatic N) is 2. The molecule has 0 aliphatic carbocycles. The van der Waals surface area contributed by atoms with E-state index in [-0.39, 0.29) is 0 Å². The van der Waals surface area contributed by atoms with E-state index < -0.39 is 0 Å². The predicted octanol–water partition coefficient (Wildman–Crippen LogP) is 1.05. The Morgan fingerprint density at radius 1 is 1.33 bits per heavy atom. The van der Waals surface area contributed by atoms with Crippen molar-refractivity contribution in [2.45, 2.75) is 13.5 Å². The lowest BCUT2D eigenvalue weighted by molar-refractivity contribution is 0.301. The zero-order chi connectivity index (χ0) is 12.5. The largest absolute Gasteiger partial charge is 0.497 e. The molecule has 18 heavy (non-hydrogen) atoms. The maximum atomic E-state index is 5.31. The minimum atomic E-state index is 0.844. The van der Waals surface area contributed by atoms with Crippen LogP contribution in [0, 0.1) is 18.8 Å². The van der Waals surface area contributed by atoms with E-state index in [0.717, 1.165) is 35.5 Å². The van der Waals surface area contributed by atoms with Gasteiger partial charge in [0.05, 0.1) is 12.8 Å². The fourth-order valence-electron chi connectivity index (χ4n) is 3.21. The van der Waals surface area contributed by atoms with E-state index in [4.69, 9.17) is 4.74 Å². The van der Waals surface area contributed by atoms with Crippen LogP contribution in [0.4, 0.5) is 0 Å². The molecule has 2 aliphatic heterocycles. The van der Waals surface area contributed by atoms with Crippen molar-refractivity contribution < 1.29 is 4.74 Å². The van der Waals surface area contributed by atoms with Crippen molar-refractivity contribution in [3.8, 4) is 5.75 Å². The van der Waals surface area contributed by atoms with Crippen LogP contribution in [0.3, 0.4) is 0 Å². The van der Waals surface area contributed by atoms with Crippen molar-refractivity contribution in [2.24, 2.45) is 11.8 Å². The molecule has 2 unspecified atom stereocenters. The number of methoxy groups -OCH3 is 1. The molecule has 1 aromatic heterocycles. The summed E-state index contributed by atoms with van der Waals surface area (Å²) in [5.74, 6) is 2.60. The van der Waals surface area contributed by atoms with E-state index in [0.29, 0.717) is 0 Å².